The van der Waals surface area contributed by atoms with Crippen LogP contribution in [0.25, 0.3) is 0 Å². The van der Waals surface area contributed by atoms with E-state index in [9.17, 15) is 28.8 Å². The summed E-state index contributed by atoms with van der Waals surface area (Å²) in [6.45, 7) is -0.872. The standard InChI is InChI=1S/C6H13NO8S/c7-16(13,14)6(12)5(11)4(10)3(9)2(1-8)15-6/h2-5,8-12H,1H2,(H2,7,13,14). The maximum atomic E-state index is 11.0. The van der Waals surface area contributed by atoms with Gasteiger partial charge in [-0.1, -0.05) is 0 Å². The van der Waals surface area contributed by atoms with E-state index in [0.29, 0.717) is 0 Å². The molecule has 9 nitrogen and oxygen atoms in total. The quantitative estimate of drug-likeness (QED) is 0.287. The number of rotatable bonds is 2. The minimum absolute atomic E-state index is 0.872. The molecule has 0 aromatic carbocycles. The van der Waals surface area contributed by atoms with Gasteiger partial charge in [0, 0.05) is 0 Å². The Kier molecular flexibility index (Phi) is 3.57. The van der Waals surface area contributed by atoms with Crippen molar-refractivity contribution < 1.29 is 38.7 Å². The molecule has 1 aliphatic rings. The first kappa shape index (κ1) is 13.7. The van der Waals surface area contributed by atoms with Gasteiger partial charge in [0.25, 0.3) is 10.0 Å². The Balaban J connectivity index is 3.14. The van der Waals surface area contributed by atoms with E-state index in [2.05, 4.69) is 9.88 Å². The molecule has 1 heterocycles. The highest BCUT2D eigenvalue weighted by atomic mass is 32.2. The van der Waals surface area contributed by atoms with Crippen molar-refractivity contribution in [1.29, 1.82) is 0 Å². The summed E-state index contributed by atoms with van der Waals surface area (Å²) in [6.07, 6.45) is -7.70. The van der Waals surface area contributed by atoms with E-state index < -0.39 is 46.2 Å². The van der Waals surface area contributed by atoms with E-state index in [0.717, 1.165) is 0 Å². The molecule has 5 atom stereocenters. The van der Waals surface area contributed by atoms with Gasteiger partial charge >= 0.3 is 5.12 Å². The van der Waals surface area contributed by atoms with Gasteiger partial charge in [-0.3, -0.25) is 0 Å². The molecular weight excluding hydrogens is 246 g/mol. The summed E-state index contributed by atoms with van der Waals surface area (Å²) in [4.78, 5) is 0. The molecule has 0 aliphatic carbocycles. The van der Waals surface area contributed by atoms with E-state index in [-0.39, 0.29) is 0 Å². The number of nitrogens with two attached hydrogens (primary N) is 1. The maximum Gasteiger partial charge on any atom is 0.315 e. The van der Waals surface area contributed by atoms with Gasteiger partial charge in [-0.25, -0.2) is 13.6 Å². The number of aliphatic hydroxyl groups is 5. The van der Waals surface area contributed by atoms with E-state index in [1.54, 1.807) is 0 Å². The van der Waals surface area contributed by atoms with Crippen LogP contribution in [-0.2, 0) is 14.8 Å². The van der Waals surface area contributed by atoms with Gasteiger partial charge in [-0.2, -0.15) is 0 Å². The zero-order valence-corrected chi connectivity index (χ0v) is 8.78. The summed E-state index contributed by atoms with van der Waals surface area (Å²) in [7, 11) is -4.77. The summed E-state index contributed by atoms with van der Waals surface area (Å²) in [5.41, 5.74) is 0. The van der Waals surface area contributed by atoms with Crippen LogP contribution in [0, 0.1) is 0 Å². The van der Waals surface area contributed by atoms with Gasteiger partial charge in [0.15, 0.2) is 6.10 Å². The minimum Gasteiger partial charge on any atom is -0.394 e. The van der Waals surface area contributed by atoms with E-state index in [4.69, 9.17) is 5.11 Å². The van der Waals surface area contributed by atoms with Crippen LogP contribution in [0.15, 0.2) is 0 Å². The molecule has 10 heteroatoms. The van der Waals surface area contributed by atoms with Crippen LogP contribution < -0.4 is 5.14 Å². The Hall–Kier alpha value is -0.330. The second kappa shape index (κ2) is 4.16. The average molecular weight is 259 g/mol. The Bertz CT molecular complexity index is 356. The van der Waals surface area contributed by atoms with Gasteiger partial charge in [-0.15, -0.1) is 0 Å². The Morgan fingerprint density at radius 3 is 2.12 bits per heavy atom. The Morgan fingerprint density at radius 2 is 1.75 bits per heavy atom. The molecule has 96 valence electrons. The first-order valence-corrected chi connectivity index (χ1v) is 5.77. The van der Waals surface area contributed by atoms with Crippen LogP contribution >= 0.6 is 0 Å². The average Bonchev–Trinajstić information content (AvgIpc) is 2.19. The summed E-state index contributed by atoms with van der Waals surface area (Å²) < 4.78 is 26.4. The summed E-state index contributed by atoms with van der Waals surface area (Å²) in [5, 5.41) is 47.4. The zero-order valence-electron chi connectivity index (χ0n) is 7.96. The molecule has 7 N–H and O–H groups in total. The molecule has 0 spiro atoms. The number of sulfonamides is 1. The summed E-state index contributed by atoms with van der Waals surface area (Å²) in [6, 6.07) is 0. The summed E-state index contributed by atoms with van der Waals surface area (Å²) >= 11 is 0. The van der Waals surface area contributed by atoms with Crippen LogP contribution in [0.3, 0.4) is 0 Å². The third kappa shape index (κ3) is 1.94. The van der Waals surface area contributed by atoms with E-state index >= 15 is 0 Å². The predicted molar refractivity (Wildman–Crippen MR) is 48.0 cm³/mol. The lowest BCUT2D eigenvalue weighted by molar-refractivity contribution is -0.309. The Morgan fingerprint density at radius 1 is 1.25 bits per heavy atom. The van der Waals surface area contributed by atoms with Crippen molar-refractivity contribution in [3.63, 3.8) is 0 Å². The van der Waals surface area contributed by atoms with Gasteiger partial charge < -0.3 is 30.3 Å². The van der Waals surface area contributed by atoms with Crippen molar-refractivity contribution in [1.82, 2.24) is 0 Å². The molecule has 0 aromatic heterocycles. The molecule has 16 heavy (non-hydrogen) atoms. The van der Waals surface area contributed by atoms with Gasteiger partial charge in [0.1, 0.15) is 18.3 Å². The normalized spacial score (nSPS) is 45.6. The lowest BCUT2D eigenvalue weighted by Gasteiger charge is -2.43. The molecule has 0 amide bonds. The molecule has 1 saturated heterocycles. The molecule has 0 radical (unpaired) electrons. The minimum atomic E-state index is -4.77. The van der Waals surface area contributed by atoms with Crippen molar-refractivity contribution >= 4 is 10.0 Å². The SMILES string of the molecule is NS(=O)(=O)C1(O)OC(CO)C(O)C(O)C1O. The molecule has 0 aromatic rings. The molecule has 5 unspecified atom stereocenters. The molecule has 0 saturated carbocycles. The zero-order chi connectivity index (χ0) is 12.7. The molecule has 1 aliphatic heterocycles. The van der Waals surface area contributed by atoms with E-state index in [1.165, 1.54) is 0 Å². The molecule has 0 bridgehead atoms. The highest BCUT2D eigenvalue weighted by molar-refractivity contribution is 7.90. The highest BCUT2D eigenvalue weighted by Gasteiger charge is 2.59. The number of hydrogen-bond acceptors (Lipinski definition) is 8. The second-order valence-corrected chi connectivity index (χ2v) is 5.12. The van der Waals surface area contributed by atoms with Gasteiger partial charge in [0.2, 0.25) is 0 Å². The third-order valence-corrected chi connectivity index (χ3v) is 3.49. The number of ether oxygens (including phenoxy) is 1. The first-order valence-electron chi connectivity index (χ1n) is 4.22. The maximum absolute atomic E-state index is 11.0. The van der Waals surface area contributed by atoms with Crippen molar-refractivity contribution in [2.24, 2.45) is 5.14 Å². The van der Waals surface area contributed by atoms with Crippen molar-refractivity contribution in [3.05, 3.63) is 0 Å². The van der Waals surface area contributed by atoms with Crippen LogP contribution in [0.2, 0.25) is 0 Å². The second-order valence-electron chi connectivity index (χ2n) is 3.44. The van der Waals surface area contributed by atoms with Gasteiger partial charge in [-0.05, 0) is 0 Å². The Labute approximate surface area is 90.7 Å². The van der Waals surface area contributed by atoms with Crippen LogP contribution in [0.5, 0.6) is 0 Å². The fourth-order valence-electron chi connectivity index (χ4n) is 1.36. The van der Waals surface area contributed by atoms with Crippen molar-refractivity contribution in [2.45, 2.75) is 29.5 Å². The molecular formula is C6H13NO8S. The first-order chi connectivity index (χ1) is 7.15. The number of aliphatic hydroxyl groups excluding tert-OH is 4. The summed E-state index contributed by atoms with van der Waals surface area (Å²) in [5.74, 6) is 0. The highest BCUT2D eigenvalue weighted by Crippen LogP contribution is 2.30. The lowest BCUT2D eigenvalue weighted by atomic mass is 9.99. The van der Waals surface area contributed by atoms with Crippen LogP contribution in [0.4, 0.5) is 0 Å². The fourth-order valence-corrected chi connectivity index (χ4v) is 2.09. The van der Waals surface area contributed by atoms with Crippen LogP contribution in [-0.4, -0.2) is 70.1 Å². The van der Waals surface area contributed by atoms with Crippen molar-refractivity contribution in [2.75, 3.05) is 6.61 Å². The van der Waals surface area contributed by atoms with Gasteiger partial charge in [0.05, 0.1) is 6.61 Å². The van der Waals surface area contributed by atoms with Crippen LogP contribution in [0.1, 0.15) is 0 Å². The lowest BCUT2D eigenvalue weighted by Crippen LogP contribution is -2.69. The molecule has 1 fully saturated rings. The fraction of sp³-hybridized carbons (Fsp3) is 1.00. The monoisotopic (exact) mass is 259 g/mol. The number of hydrogen-bond donors (Lipinski definition) is 6. The smallest absolute Gasteiger partial charge is 0.315 e. The largest absolute Gasteiger partial charge is 0.394 e. The predicted octanol–water partition coefficient (Wildman–Crippen LogP) is -4.61. The van der Waals surface area contributed by atoms with Crippen molar-refractivity contribution in [3.8, 4) is 0 Å². The third-order valence-electron chi connectivity index (χ3n) is 2.34. The van der Waals surface area contributed by atoms with E-state index in [1.807, 2.05) is 0 Å². The number of primary sulfonamides is 1. The molecule has 1 rings (SSSR count). The topological polar surface area (TPSA) is 171 Å².